The van der Waals surface area contributed by atoms with Crippen LogP contribution in [0.25, 0.3) is 0 Å². The van der Waals surface area contributed by atoms with E-state index >= 15 is 0 Å². The summed E-state index contributed by atoms with van der Waals surface area (Å²) in [4.78, 5) is 52.0. The molecular formula is C6H14N2Na2O12P2. The predicted octanol–water partition coefficient (Wildman–Crippen LogP) is -11.6. The molecule has 24 heavy (non-hydrogen) atoms. The Balaban J connectivity index is -0.000000154. The van der Waals surface area contributed by atoms with Gasteiger partial charge >= 0.3 is 74.8 Å². The van der Waals surface area contributed by atoms with E-state index in [9.17, 15) is 28.9 Å². The van der Waals surface area contributed by atoms with E-state index in [1.54, 1.807) is 0 Å². The molecule has 14 nitrogen and oxygen atoms in total. The number of phosphoric ester groups is 2. The Morgan fingerprint density at radius 2 is 1.04 bits per heavy atom. The molecule has 0 rings (SSSR count). The van der Waals surface area contributed by atoms with E-state index in [0.29, 0.717) is 0 Å². The van der Waals surface area contributed by atoms with E-state index < -0.39 is 52.9 Å². The van der Waals surface area contributed by atoms with Crippen molar-refractivity contribution in [1.82, 2.24) is 0 Å². The van der Waals surface area contributed by atoms with Crippen LogP contribution in [0.3, 0.4) is 0 Å². The SMILES string of the molecule is N[C@@H](COP(=O)(O)O)C(=O)[O-].N[C@@H](COP(=O)(O)O)C(=O)[O-].[Na+].[Na+]. The molecule has 2 atom stereocenters. The Labute approximate surface area is 179 Å². The normalized spacial score (nSPS) is 13.2. The topological polar surface area (TPSA) is 266 Å². The first-order chi connectivity index (χ1) is 9.65. The van der Waals surface area contributed by atoms with E-state index in [0.717, 1.165) is 0 Å². The Bertz CT molecular complexity index is 424. The molecule has 0 aliphatic rings. The van der Waals surface area contributed by atoms with Crippen molar-refractivity contribution >= 4 is 27.6 Å². The van der Waals surface area contributed by atoms with E-state index in [1.165, 1.54) is 0 Å². The van der Waals surface area contributed by atoms with Gasteiger partial charge in [0.25, 0.3) is 0 Å². The second-order valence-electron chi connectivity index (χ2n) is 3.42. The van der Waals surface area contributed by atoms with Crippen molar-refractivity contribution in [3.05, 3.63) is 0 Å². The van der Waals surface area contributed by atoms with Gasteiger partial charge in [0.1, 0.15) is 0 Å². The second-order valence-corrected chi connectivity index (χ2v) is 5.90. The third-order valence-corrected chi connectivity index (χ3v) is 2.42. The van der Waals surface area contributed by atoms with Crippen molar-refractivity contribution in [2.24, 2.45) is 11.5 Å². The molecule has 0 aromatic heterocycles. The van der Waals surface area contributed by atoms with Crippen LogP contribution in [0.1, 0.15) is 0 Å². The summed E-state index contributed by atoms with van der Waals surface area (Å²) < 4.78 is 27.5. The van der Waals surface area contributed by atoms with Crippen molar-refractivity contribution in [2.75, 3.05) is 13.2 Å². The number of carboxylic acids is 2. The van der Waals surface area contributed by atoms with Gasteiger partial charge in [-0.2, -0.15) is 0 Å². The van der Waals surface area contributed by atoms with Crippen LogP contribution >= 0.6 is 15.6 Å². The fourth-order valence-corrected chi connectivity index (χ4v) is 1.20. The molecule has 0 bridgehead atoms. The van der Waals surface area contributed by atoms with E-state index in [1.807, 2.05) is 0 Å². The monoisotopic (exact) mass is 414 g/mol. The molecule has 0 spiro atoms. The molecule has 0 amide bonds. The van der Waals surface area contributed by atoms with Gasteiger partial charge in [0.15, 0.2) is 0 Å². The number of hydrogen-bond donors (Lipinski definition) is 6. The van der Waals surface area contributed by atoms with Crippen LogP contribution < -0.4 is 80.8 Å². The number of nitrogens with two attached hydrogens (primary N) is 2. The number of rotatable bonds is 8. The van der Waals surface area contributed by atoms with Crippen LogP contribution in [0.15, 0.2) is 0 Å². The van der Waals surface area contributed by atoms with Crippen molar-refractivity contribution < 1.29 is 117 Å². The summed E-state index contributed by atoms with van der Waals surface area (Å²) in [5, 5.41) is 19.7. The molecular weight excluding hydrogens is 400 g/mol. The Morgan fingerprint density at radius 1 is 0.833 bits per heavy atom. The van der Waals surface area contributed by atoms with Crippen LogP contribution in [0.5, 0.6) is 0 Å². The molecule has 132 valence electrons. The van der Waals surface area contributed by atoms with Crippen LogP contribution in [-0.4, -0.2) is 56.8 Å². The molecule has 0 aliphatic heterocycles. The van der Waals surface area contributed by atoms with Gasteiger partial charge in [-0.1, -0.05) is 0 Å². The maximum Gasteiger partial charge on any atom is 1.00 e. The Kier molecular flexibility index (Phi) is 20.7. The van der Waals surface area contributed by atoms with Crippen molar-refractivity contribution in [2.45, 2.75) is 12.1 Å². The molecule has 0 heterocycles. The molecule has 0 saturated heterocycles. The summed E-state index contributed by atoms with van der Waals surface area (Å²) in [7, 11) is -9.26. The van der Waals surface area contributed by atoms with Crippen molar-refractivity contribution in [1.29, 1.82) is 0 Å². The summed E-state index contributed by atoms with van der Waals surface area (Å²) in [5.41, 5.74) is 9.59. The first kappa shape index (κ1) is 32.7. The average molecular weight is 414 g/mol. The summed E-state index contributed by atoms with van der Waals surface area (Å²) in [6.45, 7) is -1.54. The number of carbonyl (C=O) groups excluding carboxylic acids is 2. The number of phosphoric acid groups is 2. The number of carbonyl (C=O) groups is 2. The van der Waals surface area contributed by atoms with Gasteiger partial charge in [0.05, 0.1) is 37.2 Å². The third kappa shape index (κ3) is 25.3. The van der Waals surface area contributed by atoms with E-state index in [4.69, 9.17) is 31.0 Å². The van der Waals surface area contributed by atoms with Gasteiger partial charge in [-0.05, 0) is 0 Å². The summed E-state index contributed by atoms with van der Waals surface area (Å²) >= 11 is 0. The zero-order valence-corrected chi connectivity index (χ0v) is 18.5. The van der Waals surface area contributed by atoms with Crippen LogP contribution in [0, 0.1) is 0 Å². The third-order valence-electron chi connectivity index (χ3n) is 1.45. The smallest absolute Gasteiger partial charge is 0.548 e. The molecule has 0 unspecified atom stereocenters. The van der Waals surface area contributed by atoms with E-state index in [-0.39, 0.29) is 59.1 Å². The molecule has 0 aromatic carbocycles. The molecule has 0 radical (unpaired) electrons. The predicted molar refractivity (Wildman–Crippen MR) is 62.0 cm³/mol. The zero-order valence-electron chi connectivity index (χ0n) is 12.7. The molecule has 8 N–H and O–H groups in total. The molecule has 18 heteroatoms. The first-order valence-electron chi connectivity index (χ1n) is 4.98. The van der Waals surface area contributed by atoms with Gasteiger partial charge in [0.2, 0.25) is 0 Å². The number of hydrogen-bond acceptors (Lipinski definition) is 10. The average Bonchev–Trinajstić information content (AvgIpc) is 2.31. The first-order valence-corrected chi connectivity index (χ1v) is 8.05. The van der Waals surface area contributed by atoms with Gasteiger partial charge in [-0.25, -0.2) is 9.13 Å². The molecule has 0 saturated carbocycles. The second kappa shape index (κ2) is 15.2. The summed E-state index contributed by atoms with van der Waals surface area (Å²) in [6.07, 6.45) is 0. The van der Waals surface area contributed by atoms with Gasteiger partial charge in [0, 0.05) is 0 Å². The van der Waals surface area contributed by atoms with Crippen LogP contribution in [0.2, 0.25) is 0 Å². The molecule has 0 aromatic rings. The van der Waals surface area contributed by atoms with Gasteiger partial charge in [-0.15, -0.1) is 0 Å². The van der Waals surface area contributed by atoms with Crippen molar-refractivity contribution in [3.63, 3.8) is 0 Å². The largest absolute Gasteiger partial charge is 1.00 e. The fourth-order valence-electron chi connectivity index (χ4n) is 0.491. The van der Waals surface area contributed by atoms with Crippen LogP contribution in [-0.2, 0) is 27.8 Å². The summed E-state index contributed by atoms with van der Waals surface area (Å²) in [5.74, 6) is -3.25. The Hall–Kier alpha value is 1.08. The standard InChI is InChI=1S/2C3H8NO6P.2Na/c2*4-2(3(5)6)1-10-11(7,8)9;;/h2*2H,1,4H2,(H,5,6)(H2,7,8,9);;/q;;2*+1/p-2/t2*2-;;/m00../s1. The maximum absolute atomic E-state index is 9.96. The summed E-state index contributed by atoms with van der Waals surface area (Å²) in [6, 6.07) is -3.05. The molecule has 0 fully saturated rings. The number of carboxylic acid groups (broad SMARTS) is 2. The minimum Gasteiger partial charge on any atom is -0.548 e. The van der Waals surface area contributed by atoms with E-state index in [2.05, 4.69) is 9.05 Å². The van der Waals surface area contributed by atoms with Crippen LogP contribution in [0.4, 0.5) is 0 Å². The quantitative estimate of drug-likeness (QED) is 0.159. The fraction of sp³-hybridized carbons (Fsp3) is 0.667. The minimum atomic E-state index is -4.63. The number of aliphatic carboxylic acids is 2. The minimum absolute atomic E-state index is 0. The Morgan fingerprint density at radius 3 is 1.17 bits per heavy atom. The van der Waals surface area contributed by atoms with Gasteiger partial charge in [-0.3, -0.25) is 9.05 Å². The van der Waals surface area contributed by atoms with Crippen molar-refractivity contribution in [3.8, 4) is 0 Å². The van der Waals surface area contributed by atoms with Gasteiger partial charge < -0.3 is 50.8 Å². The maximum atomic E-state index is 9.96. The zero-order chi connectivity index (χ0) is 18.1. The molecule has 0 aliphatic carbocycles.